The summed E-state index contributed by atoms with van der Waals surface area (Å²) in [6.45, 7) is 2.51. The van der Waals surface area contributed by atoms with E-state index in [0.717, 1.165) is 35.6 Å². The van der Waals surface area contributed by atoms with Gasteiger partial charge in [0.2, 0.25) is 0 Å². The number of hydrogen-bond acceptors (Lipinski definition) is 6. The van der Waals surface area contributed by atoms with Crippen LogP contribution in [0.25, 0.3) is 5.57 Å². The Kier molecular flexibility index (Phi) is 5.01. The molecule has 10 heteroatoms. The van der Waals surface area contributed by atoms with Crippen LogP contribution in [0, 0.1) is 0 Å². The summed E-state index contributed by atoms with van der Waals surface area (Å²) in [6, 6.07) is 0.324. The van der Waals surface area contributed by atoms with E-state index >= 15 is 0 Å². The van der Waals surface area contributed by atoms with Crippen molar-refractivity contribution in [2.24, 2.45) is 7.05 Å². The van der Waals surface area contributed by atoms with E-state index in [4.69, 9.17) is 4.74 Å². The average Bonchev–Trinajstić information content (AvgIpc) is 3.44. The first-order valence-electron chi connectivity index (χ1n) is 10.4. The molecule has 1 atom stereocenters. The second-order valence-corrected chi connectivity index (χ2v) is 7.81. The second-order valence-electron chi connectivity index (χ2n) is 7.81. The van der Waals surface area contributed by atoms with Crippen molar-refractivity contribution < 1.29 is 13.5 Å². The summed E-state index contributed by atoms with van der Waals surface area (Å²) in [5, 5.41) is 12.2. The highest BCUT2D eigenvalue weighted by molar-refractivity contribution is 5.79. The van der Waals surface area contributed by atoms with Crippen molar-refractivity contribution in [3.63, 3.8) is 0 Å². The predicted molar refractivity (Wildman–Crippen MR) is 112 cm³/mol. The summed E-state index contributed by atoms with van der Waals surface area (Å²) < 4.78 is 35.8. The molecule has 0 aromatic carbocycles. The zero-order chi connectivity index (χ0) is 21.5. The number of hydrogen-bond donors (Lipinski definition) is 0. The molecule has 0 amide bonds. The monoisotopic (exact) mass is 429 g/mol. The third kappa shape index (κ3) is 3.50. The fourth-order valence-electron chi connectivity index (χ4n) is 4.23. The van der Waals surface area contributed by atoms with Gasteiger partial charge in [-0.1, -0.05) is 6.92 Å². The summed E-state index contributed by atoms with van der Waals surface area (Å²) in [4.78, 5) is 2.31. The molecular formula is C21H25F2N7O. The van der Waals surface area contributed by atoms with E-state index in [1.807, 2.05) is 42.7 Å². The molecule has 2 aromatic rings. The first kappa shape index (κ1) is 19.8. The maximum atomic E-state index is 13.7. The van der Waals surface area contributed by atoms with E-state index < -0.39 is 6.55 Å². The Balaban J connectivity index is 1.39. The van der Waals surface area contributed by atoms with Gasteiger partial charge in [-0.2, -0.15) is 23.7 Å². The Bertz CT molecular complexity index is 1050. The largest absolute Gasteiger partial charge is 0.488 e. The molecule has 1 saturated heterocycles. The number of aromatic nitrogens is 4. The number of likely N-dealkylation sites (N-methyl/N-ethyl adjacent to an activating group) is 1. The van der Waals surface area contributed by atoms with Crippen LogP contribution >= 0.6 is 0 Å². The Morgan fingerprint density at radius 3 is 2.81 bits per heavy atom. The van der Waals surface area contributed by atoms with Crippen molar-refractivity contribution in [3.05, 3.63) is 54.4 Å². The van der Waals surface area contributed by atoms with E-state index in [1.165, 1.54) is 6.20 Å². The van der Waals surface area contributed by atoms with Gasteiger partial charge in [-0.25, -0.2) is 0 Å². The Morgan fingerprint density at radius 2 is 2.13 bits per heavy atom. The number of ether oxygens (including phenoxy) is 1. The van der Waals surface area contributed by atoms with Gasteiger partial charge in [-0.05, 0) is 31.2 Å². The number of fused-ring (bicyclic) bond motifs is 1. The van der Waals surface area contributed by atoms with Crippen LogP contribution in [0.5, 0.6) is 5.75 Å². The lowest BCUT2D eigenvalue weighted by Crippen LogP contribution is -2.50. The molecule has 0 unspecified atom stereocenters. The van der Waals surface area contributed by atoms with Gasteiger partial charge in [0.05, 0.1) is 30.3 Å². The highest BCUT2D eigenvalue weighted by Crippen LogP contribution is 2.36. The number of allylic oxidation sites excluding steroid dienone is 3. The predicted octanol–water partition coefficient (Wildman–Crippen LogP) is 3.02. The van der Waals surface area contributed by atoms with Gasteiger partial charge >= 0.3 is 6.55 Å². The second kappa shape index (κ2) is 7.84. The van der Waals surface area contributed by atoms with Crippen LogP contribution in [-0.2, 0) is 7.05 Å². The molecule has 31 heavy (non-hydrogen) atoms. The quantitative estimate of drug-likeness (QED) is 0.675. The molecule has 8 nitrogen and oxygen atoms in total. The van der Waals surface area contributed by atoms with Gasteiger partial charge < -0.3 is 4.74 Å². The average molecular weight is 429 g/mol. The number of likely N-dealkylation sites (tertiary alicyclic amines) is 1. The molecule has 3 aliphatic rings. The van der Waals surface area contributed by atoms with Gasteiger partial charge in [0.1, 0.15) is 12.3 Å². The molecule has 1 fully saturated rings. The lowest BCUT2D eigenvalue weighted by Gasteiger charge is -2.39. The normalized spacial score (nSPS) is 20.7. The number of alkyl halides is 2. The van der Waals surface area contributed by atoms with Gasteiger partial charge in [0.25, 0.3) is 0 Å². The van der Waals surface area contributed by atoms with Crippen molar-refractivity contribution >= 4 is 11.3 Å². The number of anilines is 1. The van der Waals surface area contributed by atoms with Gasteiger partial charge in [0.15, 0.2) is 5.75 Å². The Labute approximate surface area is 179 Å². The summed E-state index contributed by atoms with van der Waals surface area (Å²) in [5.41, 5.74) is 2.81. The first-order chi connectivity index (χ1) is 15.0. The van der Waals surface area contributed by atoms with Gasteiger partial charge in [-0.15, -0.1) is 0 Å². The van der Waals surface area contributed by atoms with Crippen molar-refractivity contribution in [2.75, 3.05) is 31.3 Å². The zero-order valence-electron chi connectivity index (χ0n) is 17.5. The molecule has 0 aliphatic carbocycles. The molecule has 0 bridgehead atoms. The van der Waals surface area contributed by atoms with Crippen LogP contribution < -0.4 is 9.75 Å². The highest BCUT2D eigenvalue weighted by Gasteiger charge is 2.30. The lowest BCUT2D eigenvalue weighted by molar-refractivity contribution is 0.0513. The first-order valence-corrected chi connectivity index (χ1v) is 10.4. The van der Waals surface area contributed by atoms with E-state index in [2.05, 4.69) is 27.0 Å². The fraction of sp³-hybridized carbons (Fsp3) is 0.429. The van der Waals surface area contributed by atoms with E-state index in [9.17, 15) is 8.78 Å². The van der Waals surface area contributed by atoms with E-state index in [-0.39, 0.29) is 0 Å². The van der Waals surface area contributed by atoms with Crippen molar-refractivity contribution in [1.82, 2.24) is 29.5 Å². The van der Waals surface area contributed by atoms with Crippen molar-refractivity contribution in [1.29, 1.82) is 0 Å². The van der Waals surface area contributed by atoms with E-state index in [0.29, 0.717) is 36.2 Å². The number of halogens is 2. The molecule has 0 saturated carbocycles. The van der Waals surface area contributed by atoms with Gasteiger partial charge in [0, 0.05) is 37.6 Å². The molecule has 2 aromatic heterocycles. The molecule has 3 aliphatic heterocycles. The minimum absolute atomic E-state index is 0.300. The number of hydrazine groups is 1. The summed E-state index contributed by atoms with van der Waals surface area (Å²) >= 11 is 0. The van der Waals surface area contributed by atoms with Crippen LogP contribution in [0.1, 0.15) is 25.6 Å². The minimum atomic E-state index is -2.75. The van der Waals surface area contributed by atoms with Gasteiger partial charge in [-0.3, -0.25) is 19.6 Å². The molecule has 5 heterocycles. The zero-order valence-corrected chi connectivity index (χ0v) is 17.5. The third-order valence-corrected chi connectivity index (χ3v) is 6.01. The topological polar surface area (TPSA) is 54.6 Å². The standard InChI is InChI=1S/C21H25F2N7O/c1-3-27-7-5-17(27)14-31-19-12-25-30(21(22)23)20(19)15-4-8-28-16(10-15)6-9-29(28)18-11-24-26(2)13-18/h4,6,8,10-13,17,21H,3,5,7,9,14H2,1-2H3/t17-/m1/s1. The maximum absolute atomic E-state index is 13.7. The Morgan fingerprint density at radius 1 is 1.26 bits per heavy atom. The molecule has 164 valence electrons. The number of nitrogens with zero attached hydrogens (tertiary/aromatic N) is 7. The fourth-order valence-corrected chi connectivity index (χ4v) is 4.23. The summed E-state index contributed by atoms with van der Waals surface area (Å²) in [6.07, 6.45) is 13.8. The summed E-state index contributed by atoms with van der Waals surface area (Å²) in [7, 11) is 1.87. The Hall–Kier alpha value is -3.14. The van der Waals surface area contributed by atoms with Crippen LogP contribution in [-0.4, -0.2) is 61.8 Å². The van der Waals surface area contributed by atoms with E-state index in [1.54, 1.807) is 10.9 Å². The van der Waals surface area contributed by atoms with Crippen LogP contribution in [0.3, 0.4) is 0 Å². The molecule has 5 rings (SSSR count). The summed E-state index contributed by atoms with van der Waals surface area (Å²) in [5.74, 6) is 0.385. The number of rotatable bonds is 7. The SMILES string of the molecule is CCN1CC[C@@H]1COc1cnn(C(F)F)c1C1=CC2=CCN(c3cnn(C)c3)N2C=C1. The smallest absolute Gasteiger partial charge is 0.333 e. The maximum Gasteiger partial charge on any atom is 0.333 e. The van der Waals surface area contributed by atoms with Crippen LogP contribution in [0.2, 0.25) is 0 Å². The molecular weight excluding hydrogens is 404 g/mol. The van der Waals surface area contributed by atoms with Crippen molar-refractivity contribution in [3.8, 4) is 5.75 Å². The van der Waals surface area contributed by atoms with Crippen LogP contribution in [0.4, 0.5) is 14.5 Å². The van der Waals surface area contributed by atoms with Crippen LogP contribution in [0.15, 0.2) is 48.7 Å². The minimum Gasteiger partial charge on any atom is -0.488 e. The third-order valence-electron chi connectivity index (χ3n) is 6.01. The molecule has 0 spiro atoms. The molecule has 0 radical (unpaired) electrons. The van der Waals surface area contributed by atoms with Crippen molar-refractivity contribution in [2.45, 2.75) is 25.9 Å². The molecule has 0 N–H and O–H groups in total. The highest BCUT2D eigenvalue weighted by atomic mass is 19.3. The number of aryl methyl sites for hydroxylation is 1. The lowest BCUT2D eigenvalue weighted by atomic mass is 10.0.